The number of hydrogen-bond acceptors (Lipinski definition) is 4. The highest BCUT2D eigenvalue weighted by Gasteiger charge is 2.41. The molecule has 0 aromatic carbocycles. The number of carbonyl (C=O) groups is 1. The summed E-state index contributed by atoms with van der Waals surface area (Å²) in [7, 11) is 0. The van der Waals surface area contributed by atoms with Gasteiger partial charge in [0.2, 0.25) is 5.91 Å². The Bertz CT molecular complexity index is 614. The molecule has 0 radical (unpaired) electrons. The normalized spacial score (nSPS) is 17.1. The second-order valence-electron chi connectivity index (χ2n) is 5.72. The zero-order valence-electron chi connectivity index (χ0n) is 12.7. The highest BCUT2D eigenvalue weighted by molar-refractivity contribution is 5.84. The average Bonchev–Trinajstić information content (AvgIpc) is 3.09. The molecule has 0 aliphatic carbocycles. The summed E-state index contributed by atoms with van der Waals surface area (Å²) in [4.78, 5) is 17.1. The van der Waals surface area contributed by atoms with Gasteiger partial charge in [-0.25, -0.2) is 0 Å². The molecule has 6 heteroatoms. The smallest absolute Gasteiger partial charge is 0.248 e. The molecular weight excluding hydrogens is 278 g/mol. The second kappa shape index (κ2) is 6.27. The number of pyridine rings is 1. The first-order valence-electron chi connectivity index (χ1n) is 7.61. The molecule has 0 unspecified atom stereocenters. The fraction of sp³-hybridized carbons (Fsp3) is 0.438. The van der Waals surface area contributed by atoms with E-state index in [9.17, 15) is 4.79 Å². The van der Waals surface area contributed by atoms with Gasteiger partial charge in [0.15, 0.2) is 0 Å². The molecule has 3 rings (SSSR count). The van der Waals surface area contributed by atoms with Gasteiger partial charge in [-0.15, -0.1) is 0 Å². The van der Waals surface area contributed by atoms with Gasteiger partial charge in [0.25, 0.3) is 0 Å². The third-order valence-electron chi connectivity index (χ3n) is 4.22. The predicted molar refractivity (Wildman–Crippen MR) is 83.1 cm³/mol. The Morgan fingerprint density at radius 1 is 1.41 bits per heavy atom. The molecule has 0 spiro atoms. The van der Waals surface area contributed by atoms with E-state index in [1.807, 2.05) is 31.3 Å². The predicted octanol–water partition coefficient (Wildman–Crippen LogP) is 0.982. The van der Waals surface area contributed by atoms with E-state index in [1.54, 1.807) is 17.1 Å². The molecule has 1 aliphatic rings. The molecule has 2 N–H and O–H groups in total. The fourth-order valence-electron chi connectivity index (χ4n) is 2.87. The van der Waals surface area contributed by atoms with Gasteiger partial charge in [-0.2, -0.15) is 5.10 Å². The van der Waals surface area contributed by atoms with Crippen LogP contribution in [0.1, 0.15) is 24.1 Å². The molecule has 1 aliphatic heterocycles. The fourth-order valence-corrected chi connectivity index (χ4v) is 2.87. The van der Waals surface area contributed by atoms with Crippen LogP contribution in [0, 0.1) is 6.92 Å². The van der Waals surface area contributed by atoms with Gasteiger partial charge < -0.3 is 10.6 Å². The average molecular weight is 299 g/mol. The quantitative estimate of drug-likeness (QED) is 0.883. The van der Waals surface area contributed by atoms with E-state index in [2.05, 4.69) is 20.7 Å². The molecule has 2 aromatic rings. The van der Waals surface area contributed by atoms with E-state index in [0.29, 0.717) is 6.54 Å². The third kappa shape index (κ3) is 2.87. The third-order valence-corrected chi connectivity index (χ3v) is 4.22. The Kier molecular flexibility index (Phi) is 4.20. The highest BCUT2D eigenvalue weighted by Crippen LogP contribution is 2.27. The van der Waals surface area contributed by atoms with Crippen LogP contribution in [0.3, 0.4) is 0 Å². The highest BCUT2D eigenvalue weighted by atomic mass is 16.2. The molecule has 6 nitrogen and oxygen atoms in total. The van der Waals surface area contributed by atoms with Crippen molar-refractivity contribution >= 4 is 5.91 Å². The largest absolute Gasteiger partial charge is 0.350 e. The van der Waals surface area contributed by atoms with Crippen LogP contribution in [-0.2, 0) is 16.9 Å². The van der Waals surface area contributed by atoms with Crippen LogP contribution in [0.25, 0.3) is 0 Å². The molecule has 1 saturated heterocycles. The molecular formula is C16H21N5O. The summed E-state index contributed by atoms with van der Waals surface area (Å²) in [5.74, 6) is 0.0262. The molecule has 0 bridgehead atoms. The number of carbonyl (C=O) groups excluding carboxylic acids is 1. The zero-order chi connectivity index (χ0) is 15.4. The van der Waals surface area contributed by atoms with Gasteiger partial charge in [-0.05, 0) is 50.6 Å². The van der Waals surface area contributed by atoms with E-state index < -0.39 is 5.54 Å². The Morgan fingerprint density at radius 3 is 2.86 bits per heavy atom. The van der Waals surface area contributed by atoms with Crippen molar-refractivity contribution in [1.29, 1.82) is 0 Å². The van der Waals surface area contributed by atoms with Gasteiger partial charge >= 0.3 is 0 Å². The molecule has 0 atom stereocenters. The minimum Gasteiger partial charge on any atom is -0.350 e. The first kappa shape index (κ1) is 14.7. The molecule has 3 heterocycles. The van der Waals surface area contributed by atoms with Gasteiger partial charge in [0, 0.05) is 30.8 Å². The van der Waals surface area contributed by atoms with Crippen molar-refractivity contribution in [2.75, 3.05) is 13.1 Å². The van der Waals surface area contributed by atoms with Crippen LogP contribution in [0.4, 0.5) is 0 Å². The Balaban J connectivity index is 1.74. The van der Waals surface area contributed by atoms with Crippen LogP contribution < -0.4 is 10.6 Å². The molecule has 1 amide bonds. The molecule has 116 valence electrons. The Hall–Kier alpha value is -2.21. The van der Waals surface area contributed by atoms with E-state index in [-0.39, 0.29) is 5.91 Å². The number of amides is 1. The second-order valence-corrected chi connectivity index (χ2v) is 5.72. The Labute approximate surface area is 129 Å². The number of hydrogen-bond donors (Lipinski definition) is 2. The summed E-state index contributed by atoms with van der Waals surface area (Å²) in [6.07, 6.45) is 6.89. The maximum absolute atomic E-state index is 12.8. The lowest BCUT2D eigenvalue weighted by Gasteiger charge is -2.36. The van der Waals surface area contributed by atoms with Crippen LogP contribution in [0.5, 0.6) is 0 Å². The van der Waals surface area contributed by atoms with Crippen LogP contribution in [-0.4, -0.2) is 33.8 Å². The maximum atomic E-state index is 12.8. The number of rotatable bonds is 4. The van der Waals surface area contributed by atoms with Crippen molar-refractivity contribution in [2.24, 2.45) is 0 Å². The van der Waals surface area contributed by atoms with E-state index in [0.717, 1.165) is 37.2 Å². The van der Waals surface area contributed by atoms with E-state index in [1.165, 1.54) is 0 Å². The topological polar surface area (TPSA) is 71.8 Å². The Morgan fingerprint density at radius 2 is 2.23 bits per heavy atom. The number of nitrogens with zero attached hydrogens (tertiary/aromatic N) is 3. The first-order valence-corrected chi connectivity index (χ1v) is 7.61. The van der Waals surface area contributed by atoms with Gasteiger partial charge in [0.1, 0.15) is 5.54 Å². The summed E-state index contributed by atoms with van der Waals surface area (Å²) in [6.45, 7) is 4.07. The van der Waals surface area contributed by atoms with Crippen LogP contribution >= 0.6 is 0 Å². The summed E-state index contributed by atoms with van der Waals surface area (Å²) >= 11 is 0. The summed E-state index contributed by atoms with van der Waals surface area (Å²) in [5.41, 5.74) is 1.39. The van der Waals surface area contributed by atoms with Crippen molar-refractivity contribution in [1.82, 2.24) is 25.4 Å². The molecule has 2 aromatic heterocycles. The van der Waals surface area contributed by atoms with Gasteiger partial charge in [-0.3, -0.25) is 14.5 Å². The lowest BCUT2D eigenvalue weighted by atomic mass is 9.87. The van der Waals surface area contributed by atoms with Crippen molar-refractivity contribution in [2.45, 2.75) is 31.8 Å². The van der Waals surface area contributed by atoms with E-state index in [4.69, 9.17) is 0 Å². The monoisotopic (exact) mass is 299 g/mol. The minimum absolute atomic E-state index is 0.0262. The van der Waals surface area contributed by atoms with Gasteiger partial charge in [-0.1, -0.05) is 6.07 Å². The summed E-state index contributed by atoms with van der Waals surface area (Å²) in [6, 6.07) is 5.81. The lowest BCUT2D eigenvalue weighted by Crippen LogP contribution is -2.54. The number of aryl methyl sites for hydroxylation is 1. The minimum atomic E-state index is -0.590. The van der Waals surface area contributed by atoms with Crippen LogP contribution in [0.2, 0.25) is 0 Å². The van der Waals surface area contributed by atoms with Gasteiger partial charge in [0.05, 0.1) is 0 Å². The summed E-state index contributed by atoms with van der Waals surface area (Å²) in [5, 5.41) is 10.7. The first-order chi connectivity index (χ1) is 10.7. The molecule has 0 saturated carbocycles. The number of aromatic nitrogens is 3. The van der Waals surface area contributed by atoms with E-state index >= 15 is 0 Å². The van der Waals surface area contributed by atoms with Crippen molar-refractivity contribution < 1.29 is 4.79 Å². The summed E-state index contributed by atoms with van der Waals surface area (Å²) < 4.78 is 1.80. The SMILES string of the molecule is Cc1ccc(CNC(=O)C2(n3cccn3)CCNCC2)cn1. The zero-order valence-corrected chi connectivity index (χ0v) is 12.7. The standard InChI is InChI=1S/C16H21N5O/c1-13-3-4-14(11-18-13)12-19-15(22)16(5-8-17-9-6-16)21-10-2-7-20-21/h2-4,7,10-11,17H,5-6,8-9,12H2,1H3,(H,19,22). The number of piperidine rings is 1. The van der Waals surface area contributed by atoms with Crippen molar-refractivity contribution in [3.8, 4) is 0 Å². The molecule has 22 heavy (non-hydrogen) atoms. The lowest BCUT2D eigenvalue weighted by molar-refractivity contribution is -0.132. The van der Waals surface area contributed by atoms with Crippen molar-refractivity contribution in [3.05, 3.63) is 48.0 Å². The maximum Gasteiger partial charge on any atom is 0.248 e. The molecule has 1 fully saturated rings. The van der Waals surface area contributed by atoms with Crippen molar-refractivity contribution in [3.63, 3.8) is 0 Å². The van der Waals surface area contributed by atoms with Crippen LogP contribution in [0.15, 0.2) is 36.8 Å². The number of nitrogens with one attached hydrogen (secondary N) is 2.